The highest BCUT2D eigenvalue weighted by Gasteiger charge is 2.25. The van der Waals surface area contributed by atoms with Crippen LogP contribution in [-0.2, 0) is 0 Å². The van der Waals surface area contributed by atoms with E-state index in [1.165, 1.54) is 0 Å². The first-order valence-electron chi connectivity index (χ1n) is 8.22. The molecule has 0 bridgehead atoms. The molecule has 8 heteroatoms. The summed E-state index contributed by atoms with van der Waals surface area (Å²) in [7, 11) is 2.04. The number of hydrogen-bond donors (Lipinski definition) is 0. The summed E-state index contributed by atoms with van der Waals surface area (Å²) in [6.07, 6.45) is 10.5. The lowest BCUT2D eigenvalue weighted by Crippen LogP contribution is -2.44. The molecular weight excluding hydrogens is 338 g/mol. The number of nitrogens with zero attached hydrogens (tertiary/aromatic N) is 7. The minimum atomic E-state index is 0.396. The smallest absolute Gasteiger partial charge is 0.225 e. The molecule has 1 aliphatic rings. The van der Waals surface area contributed by atoms with E-state index in [4.69, 9.17) is 11.6 Å². The predicted molar refractivity (Wildman–Crippen MR) is 98.0 cm³/mol. The minimum absolute atomic E-state index is 0.396. The summed E-state index contributed by atoms with van der Waals surface area (Å²) in [6.45, 7) is 1.86. The van der Waals surface area contributed by atoms with Crippen molar-refractivity contribution in [1.29, 1.82) is 0 Å². The van der Waals surface area contributed by atoms with Crippen LogP contribution < -0.4 is 9.80 Å². The maximum atomic E-state index is 5.87. The van der Waals surface area contributed by atoms with E-state index in [9.17, 15) is 0 Å². The summed E-state index contributed by atoms with van der Waals surface area (Å²) in [5, 5.41) is 1.60. The van der Waals surface area contributed by atoms with Gasteiger partial charge in [-0.3, -0.25) is 4.98 Å². The van der Waals surface area contributed by atoms with Gasteiger partial charge in [0.2, 0.25) is 5.95 Å². The third-order valence-corrected chi connectivity index (χ3v) is 4.85. The summed E-state index contributed by atoms with van der Waals surface area (Å²) >= 11 is 5.87. The highest BCUT2D eigenvalue weighted by atomic mass is 35.5. The number of pyridine rings is 1. The van der Waals surface area contributed by atoms with E-state index in [0.29, 0.717) is 17.0 Å². The Labute approximate surface area is 150 Å². The van der Waals surface area contributed by atoms with E-state index in [2.05, 4.69) is 34.7 Å². The Kier molecular flexibility index (Phi) is 4.31. The molecule has 25 heavy (non-hydrogen) atoms. The van der Waals surface area contributed by atoms with Gasteiger partial charge in [0.05, 0.1) is 29.1 Å². The predicted octanol–water partition coefficient (Wildman–Crippen LogP) is 2.57. The molecule has 7 nitrogen and oxygen atoms in total. The Morgan fingerprint density at radius 1 is 1.08 bits per heavy atom. The van der Waals surface area contributed by atoms with Gasteiger partial charge >= 0.3 is 0 Å². The SMILES string of the molecule is CN(c1ncc(Cl)cn1)C1CCN(c2ncnc3cnccc23)CC1. The van der Waals surface area contributed by atoms with Gasteiger partial charge < -0.3 is 9.80 Å². The lowest BCUT2D eigenvalue weighted by Gasteiger charge is -2.37. The molecule has 0 spiro atoms. The Bertz CT molecular complexity index is 857. The first kappa shape index (κ1) is 16.0. The van der Waals surface area contributed by atoms with E-state index in [0.717, 1.165) is 42.7 Å². The molecule has 0 aliphatic carbocycles. The lowest BCUT2D eigenvalue weighted by atomic mass is 10.0. The molecule has 3 aromatic rings. The first-order chi connectivity index (χ1) is 12.2. The minimum Gasteiger partial charge on any atom is -0.356 e. The van der Waals surface area contributed by atoms with Gasteiger partial charge in [0.25, 0.3) is 0 Å². The Morgan fingerprint density at radius 3 is 2.60 bits per heavy atom. The summed E-state index contributed by atoms with van der Waals surface area (Å²) in [5.41, 5.74) is 0.876. The van der Waals surface area contributed by atoms with E-state index in [1.54, 1.807) is 31.1 Å². The van der Waals surface area contributed by atoms with Crippen LogP contribution in [-0.4, -0.2) is 51.1 Å². The standard InChI is InChI=1S/C17H18ClN7/c1-24(17-20-8-12(18)9-21-17)13-3-6-25(7-4-13)16-14-2-5-19-10-15(14)22-11-23-16/h2,5,8-11,13H,3-4,6-7H2,1H3. The number of rotatable bonds is 3. The molecule has 3 aromatic heterocycles. The molecule has 1 fully saturated rings. The van der Waals surface area contributed by atoms with E-state index in [-0.39, 0.29) is 0 Å². The van der Waals surface area contributed by atoms with Crippen LogP contribution in [0.2, 0.25) is 5.02 Å². The zero-order valence-electron chi connectivity index (χ0n) is 13.9. The Balaban J connectivity index is 1.48. The van der Waals surface area contributed by atoms with Crippen molar-refractivity contribution in [1.82, 2.24) is 24.9 Å². The van der Waals surface area contributed by atoms with E-state index < -0.39 is 0 Å². The van der Waals surface area contributed by atoms with Crippen LogP contribution in [0.1, 0.15) is 12.8 Å². The van der Waals surface area contributed by atoms with Crippen LogP contribution in [0.3, 0.4) is 0 Å². The zero-order valence-corrected chi connectivity index (χ0v) is 14.6. The topological polar surface area (TPSA) is 70.9 Å². The molecule has 0 radical (unpaired) electrons. The van der Waals surface area contributed by atoms with Crippen molar-refractivity contribution in [3.63, 3.8) is 0 Å². The van der Waals surface area contributed by atoms with E-state index >= 15 is 0 Å². The van der Waals surface area contributed by atoms with Gasteiger partial charge in [-0.1, -0.05) is 11.6 Å². The number of halogens is 1. The second-order valence-electron chi connectivity index (χ2n) is 6.12. The highest BCUT2D eigenvalue weighted by molar-refractivity contribution is 6.30. The fraction of sp³-hybridized carbons (Fsp3) is 0.353. The number of fused-ring (bicyclic) bond motifs is 1. The molecule has 0 atom stereocenters. The lowest BCUT2D eigenvalue weighted by molar-refractivity contribution is 0.476. The largest absolute Gasteiger partial charge is 0.356 e. The molecule has 1 aliphatic heterocycles. The summed E-state index contributed by atoms with van der Waals surface area (Å²) in [5.74, 6) is 1.69. The molecule has 1 saturated heterocycles. The molecule has 0 aromatic carbocycles. The van der Waals surface area contributed by atoms with Gasteiger partial charge in [0, 0.05) is 37.8 Å². The highest BCUT2D eigenvalue weighted by Crippen LogP contribution is 2.27. The molecule has 4 rings (SSSR count). The Morgan fingerprint density at radius 2 is 1.84 bits per heavy atom. The molecule has 128 valence electrons. The molecule has 4 heterocycles. The quantitative estimate of drug-likeness (QED) is 0.715. The summed E-state index contributed by atoms with van der Waals surface area (Å²) < 4.78 is 0. The average molecular weight is 356 g/mol. The zero-order chi connectivity index (χ0) is 17.2. The van der Waals surface area contributed by atoms with Crippen LogP contribution in [0, 0.1) is 0 Å². The monoisotopic (exact) mass is 355 g/mol. The van der Waals surface area contributed by atoms with Gasteiger partial charge in [0.15, 0.2) is 0 Å². The fourth-order valence-corrected chi connectivity index (χ4v) is 3.36. The molecule has 0 N–H and O–H groups in total. The van der Waals surface area contributed by atoms with E-state index in [1.807, 2.05) is 13.1 Å². The van der Waals surface area contributed by atoms with Crippen molar-refractivity contribution >= 4 is 34.3 Å². The third kappa shape index (κ3) is 3.19. The van der Waals surface area contributed by atoms with Crippen molar-refractivity contribution in [3.05, 3.63) is 42.2 Å². The number of piperidine rings is 1. The third-order valence-electron chi connectivity index (χ3n) is 4.65. The number of anilines is 2. The van der Waals surface area contributed by atoms with Crippen LogP contribution in [0.15, 0.2) is 37.2 Å². The van der Waals surface area contributed by atoms with Gasteiger partial charge in [-0.05, 0) is 18.9 Å². The van der Waals surface area contributed by atoms with Gasteiger partial charge in [-0.15, -0.1) is 0 Å². The van der Waals surface area contributed by atoms with Crippen molar-refractivity contribution in [2.75, 3.05) is 29.9 Å². The van der Waals surface area contributed by atoms with Crippen LogP contribution in [0.4, 0.5) is 11.8 Å². The van der Waals surface area contributed by atoms with Gasteiger partial charge in [-0.25, -0.2) is 19.9 Å². The van der Waals surface area contributed by atoms with Crippen molar-refractivity contribution in [2.24, 2.45) is 0 Å². The summed E-state index contributed by atoms with van der Waals surface area (Å²) in [4.78, 5) is 26.0. The van der Waals surface area contributed by atoms with Crippen LogP contribution in [0.25, 0.3) is 10.9 Å². The second-order valence-corrected chi connectivity index (χ2v) is 6.56. The van der Waals surface area contributed by atoms with Gasteiger partial charge in [0.1, 0.15) is 12.1 Å². The normalized spacial score (nSPS) is 15.5. The number of hydrogen-bond acceptors (Lipinski definition) is 7. The molecule has 0 saturated carbocycles. The van der Waals surface area contributed by atoms with Crippen molar-refractivity contribution in [2.45, 2.75) is 18.9 Å². The Hall–Kier alpha value is -2.54. The van der Waals surface area contributed by atoms with Crippen LogP contribution >= 0.6 is 11.6 Å². The van der Waals surface area contributed by atoms with Crippen LogP contribution in [0.5, 0.6) is 0 Å². The average Bonchev–Trinajstić information content (AvgIpc) is 2.68. The molecule has 0 unspecified atom stereocenters. The second kappa shape index (κ2) is 6.76. The summed E-state index contributed by atoms with van der Waals surface area (Å²) in [6, 6.07) is 2.37. The molecule has 0 amide bonds. The first-order valence-corrected chi connectivity index (χ1v) is 8.60. The van der Waals surface area contributed by atoms with Crippen molar-refractivity contribution in [3.8, 4) is 0 Å². The number of aromatic nitrogens is 5. The fourth-order valence-electron chi connectivity index (χ4n) is 3.26. The maximum Gasteiger partial charge on any atom is 0.225 e. The van der Waals surface area contributed by atoms with Gasteiger partial charge in [-0.2, -0.15) is 0 Å². The molecular formula is C17H18ClN7. The van der Waals surface area contributed by atoms with Crippen molar-refractivity contribution < 1.29 is 0 Å². The maximum absolute atomic E-state index is 5.87.